The highest BCUT2D eigenvalue weighted by molar-refractivity contribution is 8.02. The summed E-state index contributed by atoms with van der Waals surface area (Å²) in [6, 6.07) is 13.1. The van der Waals surface area contributed by atoms with E-state index >= 15 is 0 Å². The van der Waals surface area contributed by atoms with Gasteiger partial charge in [-0.05, 0) is 31.2 Å². The predicted molar refractivity (Wildman–Crippen MR) is 107 cm³/mol. The van der Waals surface area contributed by atoms with E-state index in [9.17, 15) is 4.79 Å². The number of para-hydroxylation sites is 1. The van der Waals surface area contributed by atoms with Gasteiger partial charge in [0.05, 0.1) is 31.7 Å². The number of thiazole rings is 1. The minimum atomic E-state index is -0.334. The summed E-state index contributed by atoms with van der Waals surface area (Å²) in [4.78, 5) is 16.7. The first-order valence-electron chi connectivity index (χ1n) is 7.34. The third-order valence-corrected chi connectivity index (χ3v) is 6.18. The van der Waals surface area contributed by atoms with Crippen LogP contribution in [0.15, 0.2) is 51.9 Å². The number of halogens is 2. The summed E-state index contributed by atoms with van der Waals surface area (Å²) in [6.07, 6.45) is 1.44. The quantitative estimate of drug-likeness (QED) is 0.356. The van der Waals surface area contributed by atoms with E-state index in [-0.39, 0.29) is 11.2 Å². The van der Waals surface area contributed by atoms with Crippen molar-refractivity contribution in [2.75, 3.05) is 0 Å². The lowest BCUT2D eigenvalue weighted by atomic mass is 10.2. The smallest absolute Gasteiger partial charge is 0.253 e. The number of amides is 1. The molecule has 0 aliphatic heterocycles. The van der Waals surface area contributed by atoms with Crippen molar-refractivity contribution in [2.24, 2.45) is 5.10 Å². The number of carbonyl (C=O) groups excluding carboxylic acids is 1. The standard InChI is InChI=1S/C17H13Cl2N3OS2/c1-10(24-17-21-14-7-2-3-8-15(14)25-17)16(23)22-20-9-11-12(18)5-4-6-13(11)19/h2-10H,1H3,(H,22,23)/b20-9+. The van der Waals surface area contributed by atoms with E-state index in [2.05, 4.69) is 15.5 Å². The Morgan fingerprint density at radius 1 is 1.24 bits per heavy atom. The topological polar surface area (TPSA) is 54.4 Å². The largest absolute Gasteiger partial charge is 0.272 e. The maximum absolute atomic E-state index is 12.2. The van der Waals surface area contributed by atoms with Gasteiger partial charge in [0.15, 0.2) is 4.34 Å². The number of thioether (sulfide) groups is 1. The number of aromatic nitrogens is 1. The summed E-state index contributed by atoms with van der Waals surface area (Å²) in [6.45, 7) is 1.81. The SMILES string of the molecule is CC(Sc1nc2ccccc2s1)C(=O)N/N=C/c1c(Cl)cccc1Cl. The first-order valence-corrected chi connectivity index (χ1v) is 9.79. The van der Waals surface area contributed by atoms with Gasteiger partial charge in [0.25, 0.3) is 5.91 Å². The molecule has 1 heterocycles. The van der Waals surface area contributed by atoms with Crippen molar-refractivity contribution >= 4 is 68.6 Å². The lowest BCUT2D eigenvalue weighted by Gasteiger charge is -2.07. The van der Waals surface area contributed by atoms with Crippen molar-refractivity contribution in [3.63, 3.8) is 0 Å². The lowest BCUT2D eigenvalue weighted by Crippen LogP contribution is -2.26. The zero-order chi connectivity index (χ0) is 17.8. The molecule has 1 N–H and O–H groups in total. The van der Waals surface area contributed by atoms with Gasteiger partial charge in [-0.2, -0.15) is 5.10 Å². The molecule has 0 aliphatic carbocycles. The molecule has 0 saturated heterocycles. The highest BCUT2D eigenvalue weighted by Crippen LogP contribution is 2.31. The number of benzene rings is 2. The molecule has 3 rings (SSSR count). The van der Waals surface area contributed by atoms with Crippen molar-refractivity contribution in [1.82, 2.24) is 10.4 Å². The Morgan fingerprint density at radius 3 is 2.68 bits per heavy atom. The molecule has 25 heavy (non-hydrogen) atoms. The second-order valence-electron chi connectivity index (χ2n) is 5.08. The molecule has 8 heteroatoms. The van der Waals surface area contributed by atoms with Gasteiger partial charge in [0.1, 0.15) is 0 Å². The molecule has 128 valence electrons. The Labute approximate surface area is 163 Å². The van der Waals surface area contributed by atoms with E-state index < -0.39 is 0 Å². The van der Waals surface area contributed by atoms with Gasteiger partial charge < -0.3 is 0 Å². The van der Waals surface area contributed by atoms with Gasteiger partial charge in [-0.15, -0.1) is 11.3 Å². The fraction of sp³-hybridized carbons (Fsp3) is 0.118. The van der Waals surface area contributed by atoms with Crippen LogP contribution in [0.4, 0.5) is 0 Å². The molecule has 0 bridgehead atoms. The lowest BCUT2D eigenvalue weighted by molar-refractivity contribution is -0.120. The normalized spacial score (nSPS) is 12.6. The number of nitrogens with one attached hydrogen (secondary N) is 1. The van der Waals surface area contributed by atoms with Gasteiger partial charge >= 0.3 is 0 Å². The van der Waals surface area contributed by atoms with E-state index in [1.54, 1.807) is 29.5 Å². The molecule has 0 aliphatic rings. The minimum absolute atomic E-state index is 0.219. The molecule has 2 aromatic carbocycles. The number of hydrogen-bond acceptors (Lipinski definition) is 5. The average molecular weight is 410 g/mol. The zero-order valence-electron chi connectivity index (χ0n) is 13.1. The van der Waals surface area contributed by atoms with E-state index in [0.717, 1.165) is 14.6 Å². The monoisotopic (exact) mass is 409 g/mol. The van der Waals surface area contributed by atoms with E-state index in [0.29, 0.717) is 15.6 Å². The summed E-state index contributed by atoms with van der Waals surface area (Å²) in [7, 11) is 0. The summed E-state index contributed by atoms with van der Waals surface area (Å²) in [5.41, 5.74) is 4.01. The van der Waals surface area contributed by atoms with Crippen LogP contribution >= 0.6 is 46.3 Å². The molecule has 0 spiro atoms. The van der Waals surface area contributed by atoms with E-state index in [1.807, 2.05) is 31.2 Å². The summed E-state index contributed by atoms with van der Waals surface area (Å²) < 4.78 is 1.95. The summed E-state index contributed by atoms with van der Waals surface area (Å²) in [5.74, 6) is -0.219. The minimum Gasteiger partial charge on any atom is -0.272 e. The molecular formula is C17H13Cl2N3OS2. The fourth-order valence-electron chi connectivity index (χ4n) is 1.99. The molecule has 4 nitrogen and oxygen atoms in total. The van der Waals surface area contributed by atoms with Crippen LogP contribution in [-0.4, -0.2) is 22.4 Å². The van der Waals surface area contributed by atoms with Gasteiger partial charge in [-0.1, -0.05) is 53.2 Å². The molecular weight excluding hydrogens is 397 g/mol. The van der Waals surface area contributed by atoms with Crippen LogP contribution in [0.25, 0.3) is 10.2 Å². The van der Waals surface area contributed by atoms with Crippen LogP contribution in [-0.2, 0) is 4.79 Å². The van der Waals surface area contributed by atoms with E-state index in [4.69, 9.17) is 23.2 Å². The highest BCUT2D eigenvalue weighted by Gasteiger charge is 2.16. The van der Waals surface area contributed by atoms with Crippen molar-refractivity contribution < 1.29 is 4.79 Å². The molecule has 0 fully saturated rings. The Balaban J connectivity index is 1.61. The molecule has 3 aromatic rings. The number of carbonyl (C=O) groups is 1. The number of hydrogen-bond donors (Lipinski definition) is 1. The predicted octanol–water partition coefficient (Wildman–Crippen LogP) is 5.23. The van der Waals surface area contributed by atoms with Crippen molar-refractivity contribution in [2.45, 2.75) is 16.5 Å². The average Bonchev–Trinajstić information content (AvgIpc) is 2.99. The number of fused-ring (bicyclic) bond motifs is 1. The Bertz CT molecular complexity index is 889. The molecule has 0 radical (unpaired) electrons. The zero-order valence-corrected chi connectivity index (χ0v) is 16.2. The summed E-state index contributed by atoms with van der Waals surface area (Å²) in [5, 5.41) is 4.56. The number of hydrazone groups is 1. The van der Waals surface area contributed by atoms with Crippen LogP contribution in [0.1, 0.15) is 12.5 Å². The maximum Gasteiger partial charge on any atom is 0.253 e. The second-order valence-corrected chi connectivity index (χ2v) is 8.51. The van der Waals surface area contributed by atoms with Crippen molar-refractivity contribution in [3.05, 3.63) is 58.1 Å². The molecule has 0 saturated carbocycles. The van der Waals surface area contributed by atoms with Crippen LogP contribution < -0.4 is 5.43 Å². The van der Waals surface area contributed by atoms with Gasteiger partial charge in [-0.3, -0.25) is 4.79 Å². The molecule has 1 atom stereocenters. The molecule has 1 amide bonds. The Hall–Kier alpha value is -1.60. The third kappa shape index (κ3) is 4.52. The van der Waals surface area contributed by atoms with Gasteiger partial charge in [-0.25, -0.2) is 10.4 Å². The van der Waals surface area contributed by atoms with Crippen LogP contribution in [0.5, 0.6) is 0 Å². The van der Waals surface area contributed by atoms with Gasteiger partial charge in [0, 0.05) is 5.56 Å². The van der Waals surface area contributed by atoms with Gasteiger partial charge in [0.2, 0.25) is 0 Å². The van der Waals surface area contributed by atoms with Crippen molar-refractivity contribution in [3.8, 4) is 0 Å². The first-order chi connectivity index (χ1) is 12.0. The highest BCUT2D eigenvalue weighted by atomic mass is 35.5. The summed E-state index contributed by atoms with van der Waals surface area (Å²) >= 11 is 15.1. The number of rotatable bonds is 5. The fourth-order valence-corrected chi connectivity index (χ4v) is 4.69. The second kappa shape index (κ2) is 8.19. The van der Waals surface area contributed by atoms with Crippen molar-refractivity contribution in [1.29, 1.82) is 0 Å². The third-order valence-electron chi connectivity index (χ3n) is 3.29. The van der Waals surface area contributed by atoms with E-state index in [1.165, 1.54) is 18.0 Å². The Kier molecular flexibility index (Phi) is 5.96. The number of nitrogens with zero attached hydrogens (tertiary/aromatic N) is 2. The van der Waals surface area contributed by atoms with Crippen LogP contribution in [0.2, 0.25) is 10.0 Å². The first kappa shape index (κ1) is 18.2. The molecule has 1 aromatic heterocycles. The van der Waals surface area contributed by atoms with Crippen LogP contribution in [0, 0.1) is 0 Å². The Morgan fingerprint density at radius 2 is 1.96 bits per heavy atom. The molecule has 1 unspecified atom stereocenters. The maximum atomic E-state index is 12.2. The van der Waals surface area contributed by atoms with Crippen LogP contribution in [0.3, 0.4) is 0 Å².